The van der Waals surface area contributed by atoms with Gasteiger partial charge in [-0.3, -0.25) is 4.79 Å². The molecule has 22 heavy (non-hydrogen) atoms. The number of hydrogen-bond donors (Lipinski definition) is 1. The highest BCUT2D eigenvalue weighted by molar-refractivity contribution is 5.89. The van der Waals surface area contributed by atoms with Gasteiger partial charge in [0, 0.05) is 19.1 Å². The van der Waals surface area contributed by atoms with Crippen LogP contribution in [-0.2, 0) is 9.53 Å². The SMILES string of the molecule is CC(C)C[C@H](C)OC(=O)N1CCC([C@H]2NC(=O)C2(C)C)CC1. The molecule has 2 saturated heterocycles. The van der Waals surface area contributed by atoms with Gasteiger partial charge in [-0.2, -0.15) is 0 Å². The van der Waals surface area contributed by atoms with Crippen molar-refractivity contribution < 1.29 is 14.3 Å². The lowest BCUT2D eigenvalue weighted by Gasteiger charge is -2.49. The van der Waals surface area contributed by atoms with Crippen molar-refractivity contribution >= 4 is 12.0 Å². The fourth-order valence-electron chi connectivity index (χ4n) is 3.65. The maximum atomic E-state index is 12.2. The van der Waals surface area contributed by atoms with Gasteiger partial charge in [0.15, 0.2) is 0 Å². The van der Waals surface area contributed by atoms with E-state index in [2.05, 4.69) is 19.2 Å². The first kappa shape index (κ1) is 17.1. The number of likely N-dealkylation sites (tertiary alicyclic amines) is 1. The van der Waals surface area contributed by atoms with Crippen molar-refractivity contribution in [1.82, 2.24) is 10.2 Å². The van der Waals surface area contributed by atoms with E-state index in [1.54, 1.807) is 4.90 Å². The summed E-state index contributed by atoms with van der Waals surface area (Å²) < 4.78 is 5.51. The van der Waals surface area contributed by atoms with Gasteiger partial charge in [-0.05, 0) is 51.9 Å². The summed E-state index contributed by atoms with van der Waals surface area (Å²) in [6.07, 6.45) is 2.53. The number of carbonyl (C=O) groups is 2. The molecule has 0 bridgehead atoms. The van der Waals surface area contributed by atoms with Crippen molar-refractivity contribution in [1.29, 1.82) is 0 Å². The number of ether oxygens (including phenoxy) is 1. The highest BCUT2D eigenvalue weighted by Gasteiger charge is 2.51. The molecule has 0 saturated carbocycles. The van der Waals surface area contributed by atoms with E-state index in [0.29, 0.717) is 11.8 Å². The third kappa shape index (κ3) is 3.55. The summed E-state index contributed by atoms with van der Waals surface area (Å²) in [6.45, 7) is 11.7. The van der Waals surface area contributed by atoms with E-state index in [4.69, 9.17) is 4.74 Å². The Kier molecular flexibility index (Phi) is 5.03. The molecule has 1 N–H and O–H groups in total. The Morgan fingerprint density at radius 2 is 1.91 bits per heavy atom. The van der Waals surface area contributed by atoms with Gasteiger partial charge in [0.25, 0.3) is 0 Å². The Labute approximate surface area is 133 Å². The molecular weight excluding hydrogens is 280 g/mol. The van der Waals surface area contributed by atoms with Gasteiger partial charge in [-0.15, -0.1) is 0 Å². The third-order valence-corrected chi connectivity index (χ3v) is 5.02. The topological polar surface area (TPSA) is 58.6 Å². The summed E-state index contributed by atoms with van der Waals surface area (Å²) in [5.41, 5.74) is -0.265. The number of piperidine rings is 1. The lowest BCUT2D eigenvalue weighted by Crippen LogP contribution is -2.68. The molecule has 2 rings (SSSR count). The van der Waals surface area contributed by atoms with Crippen LogP contribution in [0.3, 0.4) is 0 Å². The first-order valence-electron chi connectivity index (χ1n) is 8.48. The van der Waals surface area contributed by atoms with Crippen LogP contribution in [0.15, 0.2) is 0 Å². The van der Waals surface area contributed by atoms with Crippen LogP contribution in [0, 0.1) is 17.3 Å². The summed E-state index contributed by atoms with van der Waals surface area (Å²) >= 11 is 0. The quantitative estimate of drug-likeness (QED) is 0.812. The average molecular weight is 310 g/mol. The molecule has 2 fully saturated rings. The molecule has 0 radical (unpaired) electrons. The van der Waals surface area contributed by atoms with Gasteiger partial charge in [0.05, 0.1) is 5.41 Å². The molecule has 5 nitrogen and oxygen atoms in total. The largest absolute Gasteiger partial charge is 0.446 e. The number of nitrogens with zero attached hydrogens (tertiary/aromatic N) is 1. The monoisotopic (exact) mass is 310 g/mol. The van der Waals surface area contributed by atoms with Gasteiger partial charge >= 0.3 is 6.09 Å². The zero-order valence-electron chi connectivity index (χ0n) is 14.5. The smallest absolute Gasteiger partial charge is 0.410 e. The molecule has 0 unspecified atom stereocenters. The second kappa shape index (κ2) is 6.47. The number of nitrogens with one attached hydrogen (secondary N) is 1. The van der Waals surface area contributed by atoms with E-state index in [1.807, 2.05) is 20.8 Å². The molecule has 0 aromatic carbocycles. The molecule has 2 atom stereocenters. The van der Waals surface area contributed by atoms with Gasteiger partial charge in [0.1, 0.15) is 6.10 Å². The molecule has 2 aliphatic heterocycles. The second-order valence-electron chi connectivity index (χ2n) is 7.82. The minimum Gasteiger partial charge on any atom is -0.446 e. The van der Waals surface area contributed by atoms with Crippen LogP contribution in [0.1, 0.15) is 53.9 Å². The second-order valence-corrected chi connectivity index (χ2v) is 7.82. The Morgan fingerprint density at radius 3 is 2.36 bits per heavy atom. The molecule has 0 aromatic rings. The maximum absolute atomic E-state index is 12.2. The van der Waals surface area contributed by atoms with Crippen LogP contribution in [0.5, 0.6) is 0 Å². The summed E-state index contributed by atoms with van der Waals surface area (Å²) in [7, 11) is 0. The van der Waals surface area contributed by atoms with Crippen molar-refractivity contribution in [2.75, 3.05) is 13.1 Å². The van der Waals surface area contributed by atoms with E-state index in [1.165, 1.54) is 0 Å². The first-order valence-corrected chi connectivity index (χ1v) is 8.48. The number of hydrogen-bond acceptors (Lipinski definition) is 3. The lowest BCUT2D eigenvalue weighted by atomic mass is 9.68. The Hall–Kier alpha value is -1.26. The number of amides is 2. The molecule has 2 heterocycles. The van der Waals surface area contributed by atoms with E-state index < -0.39 is 0 Å². The van der Waals surface area contributed by atoms with Crippen molar-refractivity contribution in [2.45, 2.75) is 66.0 Å². The third-order valence-electron chi connectivity index (χ3n) is 5.02. The van der Waals surface area contributed by atoms with E-state index in [-0.39, 0.29) is 29.6 Å². The van der Waals surface area contributed by atoms with Crippen molar-refractivity contribution in [3.63, 3.8) is 0 Å². The molecule has 2 amide bonds. The average Bonchev–Trinajstić information content (AvgIpc) is 2.43. The molecule has 5 heteroatoms. The Bertz CT molecular complexity index is 426. The summed E-state index contributed by atoms with van der Waals surface area (Å²) in [6, 6.07) is 0.248. The van der Waals surface area contributed by atoms with Crippen LogP contribution >= 0.6 is 0 Å². The van der Waals surface area contributed by atoms with Crippen molar-refractivity contribution in [3.05, 3.63) is 0 Å². The van der Waals surface area contributed by atoms with E-state index >= 15 is 0 Å². The molecule has 0 aromatic heterocycles. The van der Waals surface area contributed by atoms with Crippen molar-refractivity contribution in [2.24, 2.45) is 17.3 Å². The number of rotatable bonds is 4. The van der Waals surface area contributed by atoms with Crippen LogP contribution in [0.25, 0.3) is 0 Å². The minimum absolute atomic E-state index is 0.0323. The zero-order chi connectivity index (χ0) is 16.5. The maximum Gasteiger partial charge on any atom is 0.410 e. The molecule has 2 aliphatic rings. The van der Waals surface area contributed by atoms with Crippen LogP contribution in [0.4, 0.5) is 4.79 Å². The number of β-lactam (4-membered cyclic amide) rings is 1. The fourth-order valence-corrected chi connectivity index (χ4v) is 3.65. The Balaban J connectivity index is 1.77. The van der Waals surface area contributed by atoms with Gasteiger partial charge in [-0.25, -0.2) is 4.79 Å². The zero-order valence-corrected chi connectivity index (χ0v) is 14.5. The van der Waals surface area contributed by atoms with Gasteiger partial charge in [0.2, 0.25) is 5.91 Å². The Morgan fingerprint density at radius 1 is 1.32 bits per heavy atom. The lowest BCUT2D eigenvalue weighted by molar-refractivity contribution is -0.146. The normalized spacial score (nSPS) is 26.4. The number of carbonyl (C=O) groups excluding carboxylic acids is 2. The van der Waals surface area contributed by atoms with Gasteiger partial charge in [-0.1, -0.05) is 13.8 Å². The van der Waals surface area contributed by atoms with Crippen LogP contribution in [0.2, 0.25) is 0 Å². The molecule has 126 valence electrons. The van der Waals surface area contributed by atoms with Gasteiger partial charge < -0.3 is 15.0 Å². The predicted octanol–water partition coefficient (Wildman–Crippen LogP) is 2.79. The van der Waals surface area contributed by atoms with Crippen LogP contribution in [-0.4, -0.2) is 42.1 Å². The summed E-state index contributed by atoms with van der Waals surface area (Å²) in [4.78, 5) is 25.6. The fraction of sp³-hybridized carbons (Fsp3) is 0.882. The summed E-state index contributed by atoms with van der Waals surface area (Å²) in [5, 5.41) is 3.03. The summed E-state index contributed by atoms with van der Waals surface area (Å²) in [5.74, 6) is 1.13. The highest BCUT2D eigenvalue weighted by atomic mass is 16.6. The molecular formula is C17H30N2O3. The minimum atomic E-state index is -0.265. The van der Waals surface area contributed by atoms with Crippen LogP contribution < -0.4 is 5.32 Å². The highest BCUT2D eigenvalue weighted by Crippen LogP contribution is 2.38. The first-order chi connectivity index (χ1) is 10.2. The van der Waals surface area contributed by atoms with Crippen molar-refractivity contribution in [3.8, 4) is 0 Å². The predicted molar refractivity (Wildman–Crippen MR) is 85.4 cm³/mol. The molecule has 0 aliphatic carbocycles. The molecule has 0 spiro atoms. The van der Waals surface area contributed by atoms with E-state index in [0.717, 1.165) is 32.4 Å². The van der Waals surface area contributed by atoms with E-state index in [9.17, 15) is 9.59 Å². The standard InChI is InChI=1S/C17H30N2O3/c1-11(2)10-12(3)22-16(21)19-8-6-13(7-9-19)14-17(4,5)15(20)18-14/h11-14H,6-10H2,1-5H3,(H,18,20)/t12-,14+/m0/s1.